The van der Waals surface area contributed by atoms with Crippen molar-refractivity contribution in [2.75, 3.05) is 30.9 Å². The van der Waals surface area contributed by atoms with Gasteiger partial charge in [0.2, 0.25) is 11.9 Å². The third kappa shape index (κ3) is 3.31. The van der Waals surface area contributed by atoms with Crippen molar-refractivity contribution in [1.82, 2.24) is 19.9 Å². The molecule has 0 spiro atoms. The highest BCUT2D eigenvalue weighted by molar-refractivity contribution is 5.38. The van der Waals surface area contributed by atoms with E-state index in [4.69, 9.17) is 4.74 Å². The van der Waals surface area contributed by atoms with E-state index in [1.807, 2.05) is 40.1 Å². The summed E-state index contributed by atoms with van der Waals surface area (Å²) in [6.45, 7) is 4.57. The van der Waals surface area contributed by atoms with E-state index in [-0.39, 0.29) is 6.01 Å². The SMILES string of the molecule is CCNc1nc(Oc2cccnc2C)nc(N(C)C)n1. The largest absolute Gasteiger partial charge is 0.422 e. The highest BCUT2D eigenvalue weighted by Gasteiger charge is 2.10. The van der Waals surface area contributed by atoms with Crippen molar-refractivity contribution < 1.29 is 4.74 Å². The fraction of sp³-hybridized carbons (Fsp3) is 0.385. The summed E-state index contributed by atoms with van der Waals surface area (Å²) in [5.41, 5.74) is 0.782. The summed E-state index contributed by atoms with van der Waals surface area (Å²) in [5.74, 6) is 1.65. The number of aryl methyl sites for hydroxylation is 1. The second-order valence-corrected chi connectivity index (χ2v) is 4.36. The van der Waals surface area contributed by atoms with Crippen LogP contribution in [0.2, 0.25) is 0 Å². The van der Waals surface area contributed by atoms with E-state index in [1.54, 1.807) is 11.1 Å². The average molecular weight is 274 g/mol. The zero-order valence-electron chi connectivity index (χ0n) is 12.1. The molecule has 2 aromatic heterocycles. The fourth-order valence-corrected chi connectivity index (χ4v) is 1.50. The van der Waals surface area contributed by atoms with Crippen LogP contribution in [0.4, 0.5) is 11.9 Å². The first kappa shape index (κ1) is 14.0. The van der Waals surface area contributed by atoms with Gasteiger partial charge in [0.15, 0.2) is 5.75 Å². The number of hydrogen-bond acceptors (Lipinski definition) is 7. The van der Waals surface area contributed by atoms with Crippen LogP contribution in [0.15, 0.2) is 18.3 Å². The molecule has 2 aromatic rings. The second kappa shape index (κ2) is 6.14. The number of nitrogens with zero attached hydrogens (tertiary/aromatic N) is 5. The van der Waals surface area contributed by atoms with Gasteiger partial charge >= 0.3 is 6.01 Å². The molecule has 7 heteroatoms. The predicted octanol–water partition coefficient (Wildman–Crippen LogP) is 1.87. The van der Waals surface area contributed by atoms with E-state index in [2.05, 4.69) is 25.3 Å². The lowest BCUT2D eigenvalue weighted by atomic mass is 10.3. The molecule has 0 atom stereocenters. The Balaban J connectivity index is 2.33. The molecule has 0 aliphatic rings. The van der Waals surface area contributed by atoms with E-state index < -0.39 is 0 Å². The molecule has 0 aliphatic carbocycles. The standard InChI is InChI=1S/C13H18N6O/c1-5-14-11-16-12(19(3)4)18-13(17-11)20-10-7-6-8-15-9(10)2/h6-8H,5H2,1-4H3,(H,14,16,17,18). The molecule has 0 amide bonds. The van der Waals surface area contributed by atoms with Crippen LogP contribution in [0.25, 0.3) is 0 Å². The Morgan fingerprint density at radius 3 is 2.70 bits per heavy atom. The van der Waals surface area contributed by atoms with E-state index in [1.165, 1.54) is 0 Å². The van der Waals surface area contributed by atoms with Crippen molar-refractivity contribution >= 4 is 11.9 Å². The molecule has 2 heterocycles. The first-order chi connectivity index (χ1) is 9.60. The maximum Gasteiger partial charge on any atom is 0.328 e. The molecule has 106 valence electrons. The molecule has 0 saturated heterocycles. The topological polar surface area (TPSA) is 76.1 Å². The van der Waals surface area contributed by atoms with Gasteiger partial charge in [-0.25, -0.2) is 0 Å². The summed E-state index contributed by atoms with van der Waals surface area (Å²) in [4.78, 5) is 18.7. The van der Waals surface area contributed by atoms with E-state index in [0.29, 0.717) is 17.6 Å². The quantitative estimate of drug-likeness (QED) is 0.891. The van der Waals surface area contributed by atoms with Crippen molar-refractivity contribution in [2.24, 2.45) is 0 Å². The molecule has 0 unspecified atom stereocenters. The summed E-state index contributed by atoms with van der Waals surface area (Å²) in [6.07, 6.45) is 1.71. The average Bonchev–Trinajstić information content (AvgIpc) is 2.41. The summed E-state index contributed by atoms with van der Waals surface area (Å²) < 4.78 is 5.70. The minimum Gasteiger partial charge on any atom is -0.422 e. The van der Waals surface area contributed by atoms with Gasteiger partial charge < -0.3 is 15.0 Å². The number of pyridine rings is 1. The molecule has 0 radical (unpaired) electrons. The minimum absolute atomic E-state index is 0.246. The Bertz CT molecular complexity index is 587. The van der Waals surface area contributed by atoms with Crippen LogP contribution in [0.5, 0.6) is 11.8 Å². The van der Waals surface area contributed by atoms with Gasteiger partial charge in [-0.2, -0.15) is 15.0 Å². The smallest absolute Gasteiger partial charge is 0.328 e. The highest BCUT2D eigenvalue weighted by atomic mass is 16.5. The maximum absolute atomic E-state index is 5.70. The fourth-order valence-electron chi connectivity index (χ4n) is 1.50. The van der Waals surface area contributed by atoms with Crippen molar-refractivity contribution in [3.63, 3.8) is 0 Å². The van der Waals surface area contributed by atoms with Crippen LogP contribution in [0.1, 0.15) is 12.6 Å². The van der Waals surface area contributed by atoms with Gasteiger partial charge in [-0.05, 0) is 26.0 Å². The van der Waals surface area contributed by atoms with Gasteiger partial charge in [-0.1, -0.05) is 0 Å². The first-order valence-electron chi connectivity index (χ1n) is 6.37. The number of hydrogen-bond donors (Lipinski definition) is 1. The normalized spacial score (nSPS) is 10.2. The lowest BCUT2D eigenvalue weighted by molar-refractivity contribution is 0.435. The highest BCUT2D eigenvalue weighted by Crippen LogP contribution is 2.22. The number of aromatic nitrogens is 4. The Labute approximate surface area is 118 Å². The van der Waals surface area contributed by atoms with Gasteiger partial charge in [-0.15, -0.1) is 0 Å². The summed E-state index contributed by atoms with van der Waals surface area (Å²) in [5, 5.41) is 3.06. The molecule has 0 bridgehead atoms. The molecule has 0 aliphatic heterocycles. The van der Waals surface area contributed by atoms with E-state index in [9.17, 15) is 0 Å². The Kier molecular flexibility index (Phi) is 4.29. The van der Waals surface area contributed by atoms with Crippen molar-refractivity contribution in [1.29, 1.82) is 0 Å². The Morgan fingerprint density at radius 2 is 2.05 bits per heavy atom. The monoisotopic (exact) mass is 274 g/mol. The number of nitrogens with one attached hydrogen (secondary N) is 1. The predicted molar refractivity (Wildman–Crippen MR) is 77.4 cm³/mol. The van der Waals surface area contributed by atoms with Crippen LogP contribution in [0.3, 0.4) is 0 Å². The van der Waals surface area contributed by atoms with Crippen LogP contribution >= 0.6 is 0 Å². The van der Waals surface area contributed by atoms with Crippen LogP contribution in [0, 0.1) is 6.92 Å². The van der Waals surface area contributed by atoms with Gasteiger partial charge in [0.25, 0.3) is 0 Å². The summed E-state index contributed by atoms with van der Waals surface area (Å²) in [6, 6.07) is 3.88. The van der Waals surface area contributed by atoms with Crippen molar-refractivity contribution in [3.8, 4) is 11.8 Å². The zero-order chi connectivity index (χ0) is 14.5. The van der Waals surface area contributed by atoms with E-state index >= 15 is 0 Å². The zero-order valence-corrected chi connectivity index (χ0v) is 12.1. The Morgan fingerprint density at radius 1 is 1.25 bits per heavy atom. The van der Waals surface area contributed by atoms with Crippen LogP contribution < -0.4 is 15.0 Å². The number of rotatable bonds is 5. The van der Waals surface area contributed by atoms with Gasteiger partial charge in [0.1, 0.15) is 0 Å². The summed E-state index contributed by atoms with van der Waals surface area (Å²) in [7, 11) is 3.73. The van der Waals surface area contributed by atoms with Crippen LogP contribution in [-0.4, -0.2) is 40.6 Å². The molecule has 0 saturated carbocycles. The number of anilines is 2. The Hall–Kier alpha value is -2.44. The van der Waals surface area contributed by atoms with Gasteiger partial charge in [0, 0.05) is 26.8 Å². The van der Waals surface area contributed by atoms with Crippen LogP contribution in [-0.2, 0) is 0 Å². The molecule has 20 heavy (non-hydrogen) atoms. The third-order valence-electron chi connectivity index (χ3n) is 2.50. The molecule has 1 N–H and O–H groups in total. The lowest BCUT2D eigenvalue weighted by Gasteiger charge is -2.13. The maximum atomic E-state index is 5.70. The molecule has 7 nitrogen and oxygen atoms in total. The van der Waals surface area contributed by atoms with Gasteiger partial charge in [0.05, 0.1) is 5.69 Å². The lowest BCUT2D eigenvalue weighted by Crippen LogP contribution is -2.15. The minimum atomic E-state index is 0.246. The van der Waals surface area contributed by atoms with Crippen molar-refractivity contribution in [3.05, 3.63) is 24.0 Å². The molecule has 0 fully saturated rings. The van der Waals surface area contributed by atoms with E-state index in [0.717, 1.165) is 12.2 Å². The molecular formula is C13H18N6O. The van der Waals surface area contributed by atoms with Gasteiger partial charge in [-0.3, -0.25) is 4.98 Å². The number of ether oxygens (including phenoxy) is 1. The third-order valence-corrected chi connectivity index (χ3v) is 2.50. The molecule has 0 aromatic carbocycles. The first-order valence-corrected chi connectivity index (χ1v) is 6.37. The molecular weight excluding hydrogens is 256 g/mol. The van der Waals surface area contributed by atoms with Crippen molar-refractivity contribution in [2.45, 2.75) is 13.8 Å². The summed E-state index contributed by atoms with van der Waals surface area (Å²) >= 11 is 0. The molecule has 2 rings (SSSR count). The second-order valence-electron chi connectivity index (χ2n) is 4.36.